The monoisotopic (exact) mass is 380 g/mol. The lowest BCUT2D eigenvalue weighted by Crippen LogP contribution is -2.28. The van der Waals surface area contributed by atoms with Crippen LogP contribution in [0.2, 0.25) is 0 Å². The fraction of sp³-hybridized carbons (Fsp3) is 0.571. The van der Waals surface area contributed by atoms with Gasteiger partial charge in [-0.15, -0.1) is 0 Å². The number of ketones is 3. The average molecular weight is 380 g/mol. The van der Waals surface area contributed by atoms with Gasteiger partial charge in [-0.05, 0) is 37.5 Å². The van der Waals surface area contributed by atoms with E-state index in [-0.39, 0.29) is 69.6 Å². The molecule has 0 atom stereocenters. The van der Waals surface area contributed by atoms with Crippen LogP contribution in [-0.2, 0) is 28.6 Å². The highest BCUT2D eigenvalue weighted by Crippen LogP contribution is 2.03. The van der Waals surface area contributed by atoms with Gasteiger partial charge in [0.05, 0.1) is 33.0 Å². The van der Waals surface area contributed by atoms with Crippen LogP contribution in [0.4, 0.5) is 0 Å². The molecule has 27 heavy (non-hydrogen) atoms. The SMILES string of the molecule is C=C(C)C(=O)CCOCC(COCCC(=O)C(=C)C)OCCC(=O)C(=C)C. The molecule has 0 heterocycles. The topological polar surface area (TPSA) is 78.9 Å². The number of Topliss-reactive ketones (excluding diaryl/α,β-unsaturated/α-hetero) is 3. The van der Waals surface area contributed by atoms with Crippen molar-refractivity contribution in [3.05, 3.63) is 36.5 Å². The Labute approximate surface area is 162 Å². The molecular formula is C21H32O6. The largest absolute Gasteiger partial charge is 0.378 e. The summed E-state index contributed by atoms with van der Waals surface area (Å²) in [6.45, 7) is 16.9. The van der Waals surface area contributed by atoms with E-state index in [1.54, 1.807) is 20.8 Å². The highest BCUT2D eigenvalue weighted by molar-refractivity contribution is 5.94. The van der Waals surface area contributed by atoms with E-state index in [1.807, 2.05) is 0 Å². The first kappa shape index (κ1) is 25.1. The van der Waals surface area contributed by atoms with Crippen LogP contribution in [0.5, 0.6) is 0 Å². The molecule has 0 aliphatic heterocycles. The summed E-state index contributed by atoms with van der Waals surface area (Å²) in [5, 5.41) is 0. The van der Waals surface area contributed by atoms with E-state index >= 15 is 0 Å². The molecule has 0 aromatic rings. The third-order valence-electron chi connectivity index (χ3n) is 3.67. The predicted octanol–water partition coefficient (Wildman–Crippen LogP) is 3.01. The lowest BCUT2D eigenvalue weighted by Gasteiger charge is -2.18. The third kappa shape index (κ3) is 13.0. The summed E-state index contributed by atoms with van der Waals surface area (Å²) in [4.78, 5) is 34.6. The molecule has 0 amide bonds. The van der Waals surface area contributed by atoms with Crippen LogP contribution in [0, 0.1) is 0 Å². The second kappa shape index (κ2) is 14.2. The maximum absolute atomic E-state index is 11.6. The Morgan fingerprint density at radius 2 is 1.00 bits per heavy atom. The first-order chi connectivity index (χ1) is 12.6. The molecule has 0 aromatic heterocycles. The molecule has 0 saturated heterocycles. The minimum atomic E-state index is -0.400. The summed E-state index contributed by atoms with van der Waals surface area (Å²) in [7, 11) is 0. The number of allylic oxidation sites excluding steroid dienone is 3. The van der Waals surface area contributed by atoms with Gasteiger partial charge in [0, 0.05) is 19.3 Å². The lowest BCUT2D eigenvalue weighted by atomic mass is 10.2. The number of ether oxygens (including phenoxy) is 3. The minimum Gasteiger partial charge on any atom is -0.378 e. The highest BCUT2D eigenvalue weighted by atomic mass is 16.6. The van der Waals surface area contributed by atoms with Gasteiger partial charge in [0.15, 0.2) is 17.3 Å². The van der Waals surface area contributed by atoms with Crippen LogP contribution < -0.4 is 0 Å². The molecule has 0 unspecified atom stereocenters. The van der Waals surface area contributed by atoms with Gasteiger partial charge in [-0.2, -0.15) is 0 Å². The Morgan fingerprint density at radius 3 is 1.33 bits per heavy atom. The number of carbonyl (C=O) groups is 3. The summed E-state index contributed by atoms with van der Waals surface area (Å²) >= 11 is 0. The van der Waals surface area contributed by atoms with Gasteiger partial charge in [-0.25, -0.2) is 0 Å². The zero-order valence-electron chi connectivity index (χ0n) is 16.8. The second-order valence-corrected chi connectivity index (χ2v) is 6.50. The van der Waals surface area contributed by atoms with Gasteiger partial charge in [0.1, 0.15) is 6.10 Å². The van der Waals surface area contributed by atoms with E-state index in [1.165, 1.54) is 0 Å². The van der Waals surface area contributed by atoms with Gasteiger partial charge < -0.3 is 14.2 Å². The number of hydrogen-bond acceptors (Lipinski definition) is 6. The highest BCUT2D eigenvalue weighted by Gasteiger charge is 2.13. The molecule has 0 saturated carbocycles. The molecule has 0 aliphatic carbocycles. The minimum absolute atomic E-state index is 0.0471. The van der Waals surface area contributed by atoms with Crippen LogP contribution in [0.3, 0.4) is 0 Å². The fourth-order valence-corrected chi connectivity index (χ4v) is 1.86. The first-order valence-corrected chi connectivity index (χ1v) is 8.98. The molecule has 152 valence electrons. The Morgan fingerprint density at radius 1 is 0.667 bits per heavy atom. The standard InChI is InChI=1S/C21H32O6/c1-15(2)19(22)7-10-25-13-18(27-12-9-21(24)17(5)6)14-26-11-8-20(23)16(3)4/h18H,1,3,5,7-14H2,2,4,6H3. The lowest BCUT2D eigenvalue weighted by molar-refractivity contribution is -0.121. The van der Waals surface area contributed by atoms with E-state index in [0.29, 0.717) is 16.7 Å². The van der Waals surface area contributed by atoms with Crippen molar-refractivity contribution in [3.8, 4) is 0 Å². The van der Waals surface area contributed by atoms with Crippen LogP contribution in [0.1, 0.15) is 40.0 Å². The molecule has 0 aromatic carbocycles. The van der Waals surface area contributed by atoms with Crippen molar-refractivity contribution in [1.29, 1.82) is 0 Å². The quantitative estimate of drug-likeness (QED) is 0.285. The third-order valence-corrected chi connectivity index (χ3v) is 3.67. The summed E-state index contributed by atoms with van der Waals surface area (Å²) < 4.78 is 16.6. The molecule has 0 fully saturated rings. The zero-order valence-corrected chi connectivity index (χ0v) is 16.8. The van der Waals surface area contributed by atoms with Crippen LogP contribution in [0.25, 0.3) is 0 Å². The van der Waals surface area contributed by atoms with Gasteiger partial charge in [-0.1, -0.05) is 19.7 Å². The van der Waals surface area contributed by atoms with Crippen molar-refractivity contribution in [2.75, 3.05) is 33.0 Å². The van der Waals surface area contributed by atoms with Crippen LogP contribution in [0.15, 0.2) is 36.5 Å². The number of rotatable bonds is 17. The van der Waals surface area contributed by atoms with Gasteiger partial charge in [0.25, 0.3) is 0 Å². The van der Waals surface area contributed by atoms with E-state index in [2.05, 4.69) is 19.7 Å². The summed E-state index contributed by atoms with van der Waals surface area (Å²) in [5.41, 5.74) is 1.48. The van der Waals surface area contributed by atoms with Crippen LogP contribution in [-0.4, -0.2) is 56.5 Å². The maximum Gasteiger partial charge on any atom is 0.160 e. The molecule has 0 spiro atoms. The zero-order chi connectivity index (χ0) is 20.8. The Bertz CT molecular complexity index is 527. The van der Waals surface area contributed by atoms with Crippen molar-refractivity contribution < 1.29 is 28.6 Å². The maximum atomic E-state index is 11.6. The van der Waals surface area contributed by atoms with Gasteiger partial charge >= 0.3 is 0 Å². The van der Waals surface area contributed by atoms with Crippen LogP contribution >= 0.6 is 0 Å². The molecule has 0 bridgehead atoms. The molecule has 0 radical (unpaired) electrons. The molecular weight excluding hydrogens is 348 g/mol. The van der Waals surface area contributed by atoms with E-state index < -0.39 is 6.10 Å². The molecule has 6 nitrogen and oxygen atoms in total. The van der Waals surface area contributed by atoms with Crippen molar-refractivity contribution in [2.24, 2.45) is 0 Å². The Hall–Kier alpha value is -1.89. The van der Waals surface area contributed by atoms with E-state index in [4.69, 9.17) is 14.2 Å². The Kier molecular flexibility index (Phi) is 13.2. The van der Waals surface area contributed by atoms with Gasteiger partial charge in [-0.3, -0.25) is 14.4 Å². The normalized spacial score (nSPS) is 10.7. The molecule has 0 aliphatic rings. The smallest absolute Gasteiger partial charge is 0.160 e. The predicted molar refractivity (Wildman–Crippen MR) is 105 cm³/mol. The Balaban J connectivity index is 4.30. The first-order valence-electron chi connectivity index (χ1n) is 8.98. The van der Waals surface area contributed by atoms with Gasteiger partial charge in [0.2, 0.25) is 0 Å². The molecule has 6 heteroatoms. The molecule has 0 N–H and O–H groups in total. The van der Waals surface area contributed by atoms with Crippen molar-refractivity contribution in [2.45, 2.75) is 46.1 Å². The fourth-order valence-electron chi connectivity index (χ4n) is 1.86. The number of carbonyl (C=O) groups excluding carboxylic acids is 3. The second-order valence-electron chi connectivity index (χ2n) is 6.50. The van der Waals surface area contributed by atoms with Crippen molar-refractivity contribution in [3.63, 3.8) is 0 Å². The van der Waals surface area contributed by atoms with Crippen molar-refractivity contribution in [1.82, 2.24) is 0 Å². The van der Waals surface area contributed by atoms with Crippen molar-refractivity contribution >= 4 is 17.3 Å². The average Bonchev–Trinajstić information content (AvgIpc) is 2.60. The number of hydrogen-bond donors (Lipinski definition) is 0. The summed E-state index contributed by atoms with van der Waals surface area (Å²) in [5.74, 6) is -0.155. The van der Waals surface area contributed by atoms with E-state index in [9.17, 15) is 14.4 Å². The van der Waals surface area contributed by atoms with E-state index in [0.717, 1.165) is 0 Å². The molecule has 0 rings (SSSR count). The summed E-state index contributed by atoms with van der Waals surface area (Å²) in [6, 6.07) is 0. The summed E-state index contributed by atoms with van der Waals surface area (Å²) in [6.07, 6.45) is 0.338.